The molecule has 6 heteroatoms. The summed E-state index contributed by atoms with van der Waals surface area (Å²) in [5, 5.41) is 0.780. The van der Waals surface area contributed by atoms with Gasteiger partial charge in [0.25, 0.3) is 10.0 Å². The smallest absolute Gasteiger partial charge is 0.268 e. The number of benzene rings is 2. The fraction of sp³-hybridized carbons (Fsp3) is 0.105. The lowest BCUT2D eigenvalue weighted by Crippen LogP contribution is -2.20. The van der Waals surface area contributed by atoms with Gasteiger partial charge in [0.15, 0.2) is 5.78 Å². The number of carbonyl (C=O) groups is 1. The van der Waals surface area contributed by atoms with E-state index in [1.54, 1.807) is 48.5 Å². The molecule has 4 rings (SSSR count). The van der Waals surface area contributed by atoms with Crippen LogP contribution in [0.5, 0.6) is 0 Å². The fourth-order valence-electron chi connectivity index (χ4n) is 3.02. The number of allylic oxidation sites excluding steroid dienone is 1. The second-order valence-corrected chi connectivity index (χ2v) is 7.60. The molecule has 2 heterocycles. The number of ether oxygens (including phenoxy) is 1. The summed E-state index contributed by atoms with van der Waals surface area (Å²) in [5.74, 6) is -0.0924. The predicted molar refractivity (Wildman–Crippen MR) is 93.6 cm³/mol. The van der Waals surface area contributed by atoms with Gasteiger partial charge in [-0.2, -0.15) is 0 Å². The summed E-state index contributed by atoms with van der Waals surface area (Å²) >= 11 is 0. The van der Waals surface area contributed by atoms with Crippen molar-refractivity contribution in [2.24, 2.45) is 0 Å². The summed E-state index contributed by atoms with van der Waals surface area (Å²) < 4.78 is 33.4. The van der Waals surface area contributed by atoms with Crippen LogP contribution in [-0.2, 0) is 19.6 Å². The first-order chi connectivity index (χ1) is 12.1. The Balaban J connectivity index is 1.97. The Morgan fingerprint density at radius 1 is 1.00 bits per heavy atom. The Labute approximate surface area is 145 Å². The molecule has 5 nitrogen and oxygen atoms in total. The normalized spacial score (nSPS) is 17.6. The van der Waals surface area contributed by atoms with Gasteiger partial charge in [0.2, 0.25) is 0 Å². The van der Waals surface area contributed by atoms with Crippen LogP contribution in [0.4, 0.5) is 0 Å². The van der Waals surface area contributed by atoms with Crippen LogP contribution < -0.4 is 0 Å². The van der Waals surface area contributed by atoms with Crippen LogP contribution in [0, 0.1) is 0 Å². The van der Waals surface area contributed by atoms with Crippen molar-refractivity contribution in [1.82, 2.24) is 3.97 Å². The average Bonchev–Trinajstić information content (AvgIpc) is 3.03. The lowest BCUT2D eigenvalue weighted by Gasteiger charge is -2.21. The minimum atomic E-state index is -3.82. The quantitative estimate of drug-likeness (QED) is 0.724. The third-order valence-electron chi connectivity index (χ3n) is 4.19. The van der Waals surface area contributed by atoms with Crippen molar-refractivity contribution < 1.29 is 17.9 Å². The number of nitrogens with zero attached hydrogens (tertiary/aromatic N) is 1. The van der Waals surface area contributed by atoms with E-state index < -0.39 is 16.1 Å². The van der Waals surface area contributed by atoms with E-state index in [4.69, 9.17) is 4.74 Å². The summed E-state index contributed by atoms with van der Waals surface area (Å²) in [7, 11) is -3.82. The van der Waals surface area contributed by atoms with E-state index in [1.165, 1.54) is 16.3 Å². The van der Waals surface area contributed by atoms with Gasteiger partial charge >= 0.3 is 0 Å². The average molecular weight is 353 g/mol. The van der Waals surface area contributed by atoms with Crippen LogP contribution in [0.25, 0.3) is 10.9 Å². The monoisotopic (exact) mass is 353 g/mol. The van der Waals surface area contributed by atoms with Gasteiger partial charge in [-0.05, 0) is 24.3 Å². The van der Waals surface area contributed by atoms with E-state index in [-0.39, 0.29) is 17.1 Å². The number of para-hydroxylation sites is 1. The lowest BCUT2D eigenvalue weighted by molar-refractivity contribution is -0.118. The number of ketones is 1. The first-order valence-electron chi connectivity index (χ1n) is 7.83. The maximum atomic E-state index is 13.3. The molecule has 1 aliphatic rings. The number of carbonyl (C=O) groups excluding carboxylic acids is 1. The van der Waals surface area contributed by atoms with Crippen molar-refractivity contribution in [3.63, 3.8) is 0 Å². The maximum absolute atomic E-state index is 13.3. The second-order valence-electron chi connectivity index (χ2n) is 5.81. The predicted octanol–water partition coefficient (Wildman–Crippen LogP) is 3.42. The highest BCUT2D eigenvalue weighted by Crippen LogP contribution is 2.33. The van der Waals surface area contributed by atoms with Gasteiger partial charge in [-0.25, -0.2) is 12.4 Å². The fourth-order valence-corrected chi connectivity index (χ4v) is 4.61. The molecule has 0 saturated carbocycles. The number of rotatable bonds is 3. The molecule has 1 aliphatic heterocycles. The molecular formula is C19H15NO4S. The second kappa shape index (κ2) is 5.89. The molecule has 0 amide bonds. The summed E-state index contributed by atoms with van der Waals surface area (Å²) in [6.07, 6.45) is 2.16. The minimum absolute atomic E-state index is 0.0924. The van der Waals surface area contributed by atoms with Crippen molar-refractivity contribution in [1.29, 1.82) is 0 Å². The van der Waals surface area contributed by atoms with Gasteiger partial charge in [0.1, 0.15) is 6.10 Å². The lowest BCUT2D eigenvalue weighted by atomic mass is 10.1. The Morgan fingerprint density at radius 3 is 2.48 bits per heavy atom. The van der Waals surface area contributed by atoms with Crippen molar-refractivity contribution in [3.05, 3.63) is 78.7 Å². The zero-order valence-corrected chi connectivity index (χ0v) is 14.0. The zero-order chi connectivity index (χ0) is 17.4. The first-order valence-corrected chi connectivity index (χ1v) is 9.27. The topological polar surface area (TPSA) is 65.4 Å². The summed E-state index contributed by atoms with van der Waals surface area (Å²) in [5.41, 5.74) is 1.01. The van der Waals surface area contributed by atoms with Crippen molar-refractivity contribution in [2.75, 3.05) is 0 Å². The molecule has 1 unspecified atom stereocenters. The number of aromatic nitrogens is 1. The molecule has 0 fully saturated rings. The molecule has 1 atom stereocenters. The highest BCUT2D eigenvalue weighted by molar-refractivity contribution is 7.90. The molecule has 3 aromatic rings. The maximum Gasteiger partial charge on any atom is 0.268 e. The molecule has 0 radical (unpaired) electrons. The standard InChI is InChI=1S/C19H15NO4S/c21-15-10-11-24-19(13-15)18-12-14-6-4-5-9-17(14)20(18)25(22,23)16-7-2-1-3-8-16/h1-12,19H,13H2. The van der Waals surface area contributed by atoms with E-state index >= 15 is 0 Å². The van der Waals surface area contributed by atoms with E-state index in [2.05, 4.69) is 0 Å². The van der Waals surface area contributed by atoms with Gasteiger partial charge in [0, 0.05) is 11.5 Å². The summed E-state index contributed by atoms with van der Waals surface area (Å²) in [4.78, 5) is 12.0. The summed E-state index contributed by atoms with van der Waals surface area (Å²) in [6.45, 7) is 0. The van der Waals surface area contributed by atoms with Crippen molar-refractivity contribution in [3.8, 4) is 0 Å². The molecule has 25 heavy (non-hydrogen) atoms. The molecular weight excluding hydrogens is 338 g/mol. The van der Waals surface area contributed by atoms with Gasteiger partial charge in [-0.15, -0.1) is 0 Å². The Hall–Kier alpha value is -2.86. The van der Waals surface area contributed by atoms with Gasteiger partial charge in [0.05, 0.1) is 28.8 Å². The third-order valence-corrected chi connectivity index (χ3v) is 5.94. The largest absolute Gasteiger partial charge is 0.491 e. The van der Waals surface area contributed by atoms with E-state index in [1.807, 2.05) is 12.1 Å². The summed E-state index contributed by atoms with van der Waals surface area (Å²) in [6, 6.07) is 17.2. The van der Waals surface area contributed by atoms with Gasteiger partial charge in [-0.3, -0.25) is 4.79 Å². The van der Waals surface area contributed by atoms with E-state index in [9.17, 15) is 13.2 Å². The minimum Gasteiger partial charge on any atom is -0.491 e. The van der Waals surface area contributed by atoms with Crippen LogP contribution >= 0.6 is 0 Å². The molecule has 0 bridgehead atoms. The zero-order valence-electron chi connectivity index (χ0n) is 13.2. The number of hydrogen-bond acceptors (Lipinski definition) is 4. The van der Waals surface area contributed by atoms with Crippen LogP contribution in [0.1, 0.15) is 18.2 Å². The molecule has 0 aliphatic carbocycles. The molecule has 1 aromatic heterocycles. The van der Waals surface area contributed by atoms with Crippen LogP contribution in [0.15, 0.2) is 77.9 Å². The molecule has 0 saturated heterocycles. The molecule has 2 aromatic carbocycles. The van der Waals surface area contributed by atoms with Crippen molar-refractivity contribution >= 4 is 26.7 Å². The van der Waals surface area contributed by atoms with E-state index in [0.29, 0.717) is 11.2 Å². The highest BCUT2D eigenvalue weighted by atomic mass is 32.2. The van der Waals surface area contributed by atoms with Gasteiger partial charge in [-0.1, -0.05) is 36.4 Å². The van der Waals surface area contributed by atoms with E-state index in [0.717, 1.165) is 5.39 Å². The van der Waals surface area contributed by atoms with Crippen molar-refractivity contribution in [2.45, 2.75) is 17.4 Å². The Bertz CT molecular complexity index is 1080. The third kappa shape index (κ3) is 2.64. The Morgan fingerprint density at radius 2 is 1.72 bits per heavy atom. The Kier molecular flexibility index (Phi) is 3.69. The SMILES string of the molecule is O=C1C=COC(c2cc3ccccc3n2S(=O)(=O)c2ccccc2)C1. The molecule has 0 N–H and O–H groups in total. The van der Waals surface area contributed by atoms with Gasteiger partial charge < -0.3 is 4.74 Å². The number of fused-ring (bicyclic) bond motifs is 1. The van der Waals surface area contributed by atoms with Crippen LogP contribution in [-0.4, -0.2) is 18.2 Å². The molecule has 126 valence electrons. The molecule has 0 spiro atoms. The van der Waals surface area contributed by atoms with Crippen LogP contribution in [0.3, 0.4) is 0 Å². The van der Waals surface area contributed by atoms with Crippen LogP contribution in [0.2, 0.25) is 0 Å². The number of hydrogen-bond donors (Lipinski definition) is 0. The highest BCUT2D eigenvalue weighted by Gasteiger charge is 2.29. The first kappa shape index (κ1) is 15.7.